The summed E-state index contributed by atoms with van der Waals surface area (Å²) in [5.74, 6) is 2.49. The number of aromatic amines is 1. The fraction of sp³-hybridized carbons (Fsp3) is 0.200. The third kappa shape index (κ3) is 4.86. The van der Waals surface area contributed by atoms with Crippen LogP contribution < -0.4 is 19.8 Å². The molecular weight excluding hydrogens is 392 g/mol. The van der Waals surface area contributed by atoms with Gasteiger partial charge < -0.3 is 19.2 Å². The van der Waals surface area contributed by atoms with Crippen LogP contribution in [0.5, 0.6) is 17.2 Å². The predicted octanol–water partition coefficient (Wildman–Crippen LogP) is 4.76. The molecular formula is C25H24N2O4. The van der Waals surface area contributed by atoms with Gasteiger partial charge in [-0.15, -0.1) is 0 Å². The molecule has 0 aliphatic heterocycles. The van der Waals surface area contributed by atoms with E-state index in [1.807, 2.05) is 74.5 Å². The number of benzene rings is 3. The maximum Gasteiger partial charge on any atom is 0.259 e. The van der Waals surface area contributed by atoms with Crippen molar-refractivity contribution in [2.24, 2.45) is 0 Å². The van der Waals surface area contributed by atoms with Gasteiger partial charge in [-0.3, -0.25) is 4.79 Å². The molecule has 0 spiro atoms. The average molecular weight is 416 g/mol. The second-order valence-corrected chi connectivity index (χ2v) is 7.04. The first-order chi connectivity index (χ1) is 15.1. The van der Waals surface area contributed by atoms with Crippen LogP contribution in [0, 0.1) is 6.92 Å². The number of para-hydroxylation sites is 1. The van der Waals surface area contributed by atoms with Crippen molar-refractivity contribution in [2.45, 2.75) is 13.8 Å². The molecule has 0 amide bonds. The Balaban J connectivity index is 1.50. The average Bonchev–Trinajstić information content (AvgIpc) is 2.79. The minimum Gasteiger partial charge on any atom is -0.490 e. The fourth-order valence-corrected chi connectivity index (χ4v) is 3.21. The molecule has 0 fully saturated rings. The number of H-pyrrole nitrogens is 1. The Bertz CT molecular complexity index is 1230. The molecule has 0 radical (unpaired) electrons. The summed E-state index contributed by atoms with van der Waals surface area (Å²) in [5.41, 5.74) is 2.40. The van der Waals surface area contributed by atoms with Crippen LogP contribution in [0.2, 0.25) is 0 Å². The molecule has 1 heterocycles. The first kappa shape index (κ1) is 20.5. The van der Waals surface area contributed by atoms with Crippen molar-refractivity contribution in [2.75, 3.05) is 19.8 Å². The van der Waals surface area contributed by atoms with Gasteiger partial charge in [-0.25, -0.2) is 4.98 Å². The molecule has 1 aromatic heterocycles. The molecule has 6 nitrogen and oxygen atoms in total. The lowest BCUT2D eigenvalue weighted by atomic mass is 10.1. The second kappa shape index (κ2) is 9.34. The van der Waals surface area contributed by atoms with Gasteiger partial charge in [0.25, 0.3) is 5.56 Å². The summed E-state index contributed by atoms with van der Waals surface area (Å²) in [4.78, 5) is 19.8. The van der Waals surface area contributed by atoms with Gasteiger partial charge in [-0.1, -0.05) is 29.8 Å². The van der Waals surface area contributed by atoms with E-state index in [9.17, 15) is 4.79 Å². The second-order valence-electron chi connectivity index (χ2n) is 7.04. The van der Waals surface area contributed by atoms with E-state index in [2.05, 4.69) is 9.97 Å². The topological polar surface area (TPSA) is 73.4 Å². The van der Waals surface area contributed by atoms with Crippen molar-refractivity contribution in [1.82, 2.24) is 9.97 Å². The summed E-state index contributed by atoms with van der Waals surface area (Å²) in [5, 5.41) is 0.560. The summed E-state index contributed by atoms with van der Waals surface area (Å²) in [6.45, 7) is 5.22. The minimum absolute atomic E-state index is 0.174. The van der Waals surface area contributed by atoms with Crippen molar-refractivity contribution >= 4 is 10.9 Å². The molecule has 4 aromatic rings. The molecule has 0 aliphatic rings. The van der Waals surface area contributed by atoms with Crippen LogP contribution in [-0.4, -0.2) is 29.8 Å². The van der Waals surface area contributed by atoms with Crippen molar-refractivity contribution < 1.29 is 14.2 Å². The normalized spacial score (nSPS) is 10.8. The van der Waals surface area contributed by atoms with Crippen molar-refractivity contribution in [1.29, 1.82) is 0 Å². The monoisotopic (exact) mass is 416 g/mol. The van der Waals surface area contributed by atoms with E-state index in [-0.39, 0.29) is 5.56 Å². The van der Waals surface area contributed by atoms with E-state index >= 15 is 0 Å². The third-order valence-electron chi connectivity index (χ3n) is 4.76. The molecule has 158 valence electrons. The van der Waals surface area contributed by atoms with Gasteiger partial charge in [-0.05, 0) is 56.3 Å². The van der Waals surface area contributed by atoms with Gasteiger partial charge in [0, 0.05) is 5.56 Å². The number of ether oxygens (including phenoxy) is 3. The molecule has 3 aromatic carbocycles. The Labute approximate surface area is 180 Å². The highest BCUT2D eigenvalue weighted by molar-refractivity contribution is 5.79. The molecule has 0 unspecified atom stereocenters. The highest BCUT2D eigenvalue weighted by Crippen LogP contribution is 2.32. The number of aromatic nitrogens is 2. The summed E-state index contributed by atoms with van der Waals surface area (Å²) in [7, 11) is 0. The Morgan fingerprint density at radius 2 is 1.65 bits per heavy atom. The van der Waals surface area contributed by atoms with Crippen LogP contribution in [0.1, 0.15) is 12.5 Å². The zero-order valence-corrected chi connectivity index (χ0v) is 17.6. The Morgan fingerprint density at radius 3 is 2.45 bits per heavy atom. The summed E-state index contributed by atoms with van der Waals surface area (Å²) in [6.07, 6.45) is 0. The van der Waals surface area contributed by atoms with Crippen LogP contribution in [0.15, 0.2) is 71.5 Å². The van der Waals surface area contributed by atoms with Crippen LogP contribution in [0.4, 0.5) is 0 Å². The van der Waals surface area contributed by atoms with Gasteiger partial charge in [0.2, 0.25) is 0 Å². The summed E-state index contributed by atoms with van der Waals surface area (Å²) >= 11 is 0. The Kier molecular flexibility index (Phi) is 6.17. The van der Waals surface area contributed by atoms with Gasteiger partial charge in [-0.2, -0.15) is 0 Å². The standard InChI is InChI=1S/C25H24N2O4/c1-3-29-23-16-18(24-26-21-7-5-4-6-20(21)25(28)27-24)10-13-22(23)31-15-14-30-19-11-8-17(2)9-12-19/h4-13,16H,3,14-15H2,1-2H3,(H,26,27,28). The predicted molar refractivity (Wildman–Crippen MR) is 121 cm³/mol. The van der Waals surface area contributed by atoms with Crippen LogP contribution in [-0.2, 0) is 0 Å². The zero-order chi connectivity index (χ0) is 21.6. The number of hydrogen-bond acceptors (Lipinski definition) is 5. The number of fused-ring (bicyclic) bond motifs is 1. The van der Waals surface area contributed by atoms with E-state index in [0.29, 0.717) is 48.0 Å². The third-order valence-corrected chi connectivity index (χ3v) is 4.76. The number of nitrogens with zero attached hydrogens (tertiary/aromatic N) is 1. The van der Waals surface area contributed by atoms with E-state index in [4.69, 9.17) is 14.2 Å². The number of rotatable bonds is 8. The molecule has 0 aliphatic carbocycles. The molecule has 4 rings (SSSR count). The van der Waals surface area contributed by atoms with Crippen LogP contribution in [0.3, 0.4) is 0 Å². The molecule has 0 saturated carbocycles. The van der Waals surface area contributed by atoms with Gasteiger partial charge in [0.05, 0.1) is 17.5 Å². The SMILES string of the molecule is CCOc1cc(-c2nc3ccccc3c(=O)[nH]2)ccc1OCCOc1ccc(C)cc1. The molecule has 0 atom stereocenters. The van der Waals surface area contributed by atoms with E-state index < -0.39 is 0 Å². The van der Waals surface area contributed by atoms with Gasteiger partial charge in [0.15, 0.2) is 11.5 Å². The van der Waals surface area contributed by atoms with E-state index in [0.717, 1.165) is 11.3 Å². The molecule has 1 N–H and O–H groups in total. The zero-order valence-electron chi connectivity index (χ0n) is 17.6. The molecule has 31 heavy (non-hydrogen) atoms. The van der Waals surface area contributed by atoms with E-state index in [1.165, 1.54) is 5.56 Å². The highest BCUT2D eigenvalue weighted by atomic mass is 16.5. The Hall–Kier alpha value is -3.80. The maximum absolute atomic E-state index is 12.4. The quantitative estimate of drug-likeness (QED) is 0.420. The summed E-state index contributed by atoms with van der Waals surface area (Å²) < 4.78 is 17.4. The molecule has 0 bridgehead atoms. The number of aryl methyl sites for hydroxylation is 1. The Morgan fingerprint density at radius 1 is 0.871 bits per heavy atom. The molecule has 0 saturated heterocycles. The van der Waals surface area contributed by atoms with E-state index in [1.54, 1.807) is 6.07 Å². The molecule has 6 heteroatoms. The fourth-order valence-electron chi connectivity index (χ4n) is 3.21. The first-order valence-corrected chi connectivity index (χ1v) is 10.2. The largest absolute Gasteiger partial charge is 0.490 e. The number of nitrogens with one attached hydrogen (secondary N) is 1. The van der Waals surface area contributed by atoms with Gasteiger partial charge >= 0.3 is 0 Å². The lowest BCUT2D eigenvalue weighted by Crippen LogP contribution is -2.11. The van der Waals surface area contributed by atoms with Crippen molar-refractivity contribution in [3.63, 3.8) is 0 Å². The number of hydrogen-bond donors (Lipinski definition) is 1. The maximum atomic E-state index is 12.4. The minimum atomic E-state index is -0.174. The van der Waals surface area contributed by atoms with Crippen LogP contribution >= 0.6 is 0 Å². The highest BCUT2D eigenvalue weighted by Gasteiger charge is 2.11. The smallest absolute Gasteiger partial charge is 0.259 e. The lowest BCUT2D eigenvalue weighted by molar-refractivity contribution is 0.208. The van der Waals surface area contributed by atoms with Crippen LogP contribution in [0.25, 0.3) is 22.3 Å². The van der Waals surface area contributed by atoms with Gasteiger partial charge in [0.1, 0.15) is 24.8 Å². The lowest BCUT2D eigenvalue weighted by Gasteiger charge is -2.14. The van der Waals surface area contributed by atoms with Crippen molar-refractivity contribution in [3.05, 3.63) is 82.6 Å². The summed E-state index contributed by atoms with van der Waals surface area (Å²) in [6, 6.07) is 20.6. The first-order valence-electron chi connectivity index (χ1n) is 10.2. The van der Waals surface area contributed by atoms with Crippen molar-refractivity contribution in [3.8, 4) is 28.6 Å².